The number of hydrogen-bond donors (Lipinski definition) is 0. The molecule has 0 aliphatic carbocycles. The molecule has 1 rings (SSSR count). The predicted octanol–water partition coefficient (Wildman–Crippen LogP) is 2.88. The first-order chi connectivity index (χ1) is 6.18. The zero-order valence-electron chi connectivity index (χ0n) is 7.95. The highest BCUT2D eigenvalue weighted by Crippen LogP contribution is 2.20. The van der Waals surface area contributed by atoms with E-state index in [4.69, 9.17) is 4.42 Å². The number of furan rings is 1. The molecule has 1 atom stereocenters. The summed E-state index contributed by atoms with van der Waals surface area (Å²) in [4.78, 5) is 10.8. The Hall–Kier alpha value is -0.700. The molecule has 0 fully saturated rings. The van der Waals surface area contributed by atoms with Gasteiger partial charge in [-0.1, -0.05) is 6.92 Å². The zero-order chi connectivity index (χ0) is 9.68. The van der Waals surface area contributed by atoms with Crippen LogP contribution in [0.2, 0.25) is 0 Å². The number of hydrogen-bond acceptors (Lipinski definition) is 3. The molecule has 0 amide bonds. The number of Topliss-reactive ketones (excluding diaryl/α,β-unsaturated/α-hetero) is 1. The Labute approximate surface area is 82.7 Å². The summed E-state index contributed by atoms with van der Waals surface area (Å²) in [5.74, 6) is 2.07. The summed E-state index contributed by atoms with van der Waals surface area (Å²) in [6.45, 7) is 3.69. The maximum Gasteiger partial charge on any atom is 0.130 e. The van der Waals surface area contributed by atoms with Crippen LogP contribution in [0.1, 0.15) is 26.0 Å². The van der Waals surface area contributed by atoms with Crippen molar-refractivity contribution in [2.75, 3.05) is 0 Å². The van der Waals surface area contributed by atoms with Gasteiger partial charge < -0.3 is 4.42 Å². The van der Waals surface area contributed by atoms with Gasteiger partial charge in [0.1, 0.15) is 11.5 Å². The monoisotopic (exact) mass is 198 g/mol. The fourth-order valence-corrected chi connectivity index (χ4v) is 2.05. The van der Waals surface area contributed by atoms with Crippen LogP contribution in [0.3, 0.4) is 0 Å². The molecular weight excluding hydrogens is 184 g/mol. The smallest absolute Gasteiger partial charge is 0.130 e. The Balaban J connectivity index is 2.22. The van der Waals surface area contributed by atoms with E-state index in [1.54, 1.807) is 24.9 Å². The molecule has 1 aromatic heterocycles. The fraction of sp³-hybridized carbons (Fsp3) is 0.500. The number of carbonyl (C=O) groups is 1. The van der Waals surface area contributed by atoms with Gasteiger partial charge in [0.25, 0.3) is 0 Å². The van der Waals surface area contributed by atoms with Crippen molar-refractivity contribution in [2.45, 2.75) is 31.3 Å². The Kier molecular flexibility index (Phi) is 4.09. The summed E-state index contributed by atoms with van der Waals surface area (Å²) in [5, 5.41) is 0.377. The first-order valence-corrected chi connectivity index (χ1v) is 5.37. The minimum atomic E-state index is 0.249. The first kappa shape index (κ1) is 10.4. The Morgan fingerprint density at radius 2 is 2.46 bits per heavy atom. The molecule has 0 radical (unpaired) electrons. The van der Waals surface area contributed by atoms with Crippen LogP contribution >= 0.6 is 11.8 Å². The van der Waals surface area contributed by atoms with Crippen LogP contribution in [0.25, 0.3) is 0 Å². The van der Waals surface area contributed by atoms with E-state index in [-0.39, 0.29) is 5.78 Å². The van der Waals surface area contributed by atoms with Crippen LogP contribution in [0.5, 0.6) is 0 Å². The molecule has 0 N–H and O–H groups in total. The third-order valence-corrected chi connectivity index (χ3v) is 2.85. The van der Waals surface area contributed by atoms with Crippen LogP contribution in [0.15, 0.2) is 22.8 Å². The maximum atomic E-state index is 10.8. The Bertz CT molecular complexity index is 254. The van der Waals surface area contributed by atoms with Crippen molar-refractivity contribution in [3.63, 3.8) is 0 Å². The average molecular weight is 198 g/mol. The first-order valence-electron chi connectivity index (χ1n) is 4.32. The molecule has 1 unspecified atom stereocenters. The van der Waals surface area contributed by atoms with Gasteiger partial charge in [-0.3, -0.25) is 4.79 Å². The number of rotatable bonds is 5. The molecular formula is C10H14O2S. The molecule has 3 heteroatoms. The van der Waals surface area contributed by atoms with Crippen LogP contribution in [0.4, 0.5) is 0 Å². The van der Waals surface area contributed by atoms with E-state index in [0.717, 1.165) is 11.5 Å². The van der Waals surface area contributed by atoms with Crippen LogP contribution < -0.4 is 0 Å². The highest BCUT2D eigenvalue weighted by Gasteiger charge is 2.06. The lowest BCUT2D eigenvalue weighted by Crippen LogP contribution is -2.03. The Morgan fingerprint density at radius 1 is 1.69 bits per heavy atom. The quantitative estimate of drug-likeness (QED) is 0.728. The van der Waals surface area contributed by atoms with E-state index in [1.165, 1.54) is 0 Å². The third kappa shape index (κ3) is 4.18. The van der Waals surface area contributed by atoms with Gasteiger partial charge in [0, 0.05) is 11.7 Å². The van der Waals surface area contributed by atoms with Gasteiger partial charge in [0.05, 0.1) is 12.0 Å². The summed E-state index contributed by atoms with van der Waals surface area (Å²) in [6, 6.07) is 3.83. The van der Waals surface area contributed by atoms with Gasteiger partial charge in [-0.2, -0.15) is 11.8 Å². The zero-order valence-corrected chi connectivity index (χ0v) is 8.76. The lowest BCUT2D eigenvalue weighted by Gasteiger charge is -2.06. The van der Waals surface area contributed by atoms with Crippen molar-refractivity contribution in [3.05, 3.63) is 24.2 Å². The third-order valence-electron chi connectivity index (χ3n) is 1.67. The summed E-state index contributed by atoms with van der Waals surface area (Å²) in [7, 11) is 0. The molecule has 0 spiro atoms. The van der Waals surface area contributed by atoms with Crippen LogP contribution in [-0.4, -0.2) is 11.0 Å². The van der Waals surface area contributed by atoms with E-state index in [9.17, 15) is 4.79 Å². The normalized spacial score (nSPS) is 12.8. The molecule has 13 heavy (non-hydrogen) atoms. The second-order valence-corrected chi connectivity index (χ2v) is 4.53. The topological polar surface area (TPSA) is 30.2 Å². The predicted molar refractivity (Wildman–Crippen MR) is 54.8 cm³/mol. The summed E-state index contributed by atoms with van der Waals surface area (Å²) in [6.07, 6.45) is 2.32. The van der Waals surface area contributed by atoms with E-state index >= 15 is 0 Å². The van der Waals surface area contributed by atoms with Gasteiger partial charge in [0.2, 0.25) is 0 Å². The van der Waals surface area contributed by atoms with Gasteiger partial charge >= 0.3 is 0 Å². The summed E-state index contributed by atoms with van der Waals surface area (Å²) >= 11 is 1.75. The minimum Gasteiger partial charge on any atom is -0.468 e. The molecule has 72 valence electrons. The van der Waals surface area contributed by atoms with Crippen molar-refractivity contribution in [1.29, 1.82) is 0 Å². The standard InChI is InChI=1S/C10H14O2S/c1-8(11)6-9(2)13-7-10-4-3-5-12-10/h3-5,9H,6-7H2,1-2H3. The Morgan fingerprint density at radius 3 is 3.00 bits per heavy atom. The highest BCUT2D eigenvalue weighted by atomic mass is 32.2. The average Bonchev–Trinajstić information content (AvgIpc) is 2.51. The highest BCUT2D eigenvalue weighted by molar-refractivity contribution is 7.99. The van der Waals surface area contributed by atoms with E-state index in [0.29, 0.717) is 11.7 Å². The van der Waals surface area contributed by atoms with Crippen molar-refractivity contribution < 1.29 is 9.21 Å². The van der Waals surface area contributed by atoms with Gasteiger partial charge in [0.15, 0.2) is 0 Å². The molecule has 1 heterocycles. The SMILES string of the molecule is CC(=O)CC(C)SCc1ccco1. The molecule has 0 aliphatic heterocycles. The molecule has 0 aliphatic rings. The van der Waals surface area contributed by atoms with Crippen LogP contribution in [-0.2, 0) is 10.5 Å². The molecule has 0 bridgehead atoms. The second kappa shape index (κ2) is 5.12. The van der Waals surface area contributed by atoms with Crippen molar-refractivity contribution >= 4 is 17.5 Å². The minimum absolute atomic E-state index is 0.249. The van der Waals surface area contributed by atoms with Gasteiger partial charge in [-0.15, -0.1) is 0 Å². The molecule has 0 aromatic carbocycles. The number of carbonyl (C=O) groups excluding carboxylic acids is 1. The van der Waals surface area contributed by atoms with Crippen molar-refractivity contribution in [3.8, 4) is 0 Å². The molecule has 0 saturated carbocycles. The molecule has 1 aromatic rings. The summed E-state index contributed by atoms with van der Waals surface area (Å²) in [5.41, 5.74) is 0. The van der Waals surface area contributed by atoms with E-state index in [1.807, 2.05) is 12.1 Å². The fourth-order valence-electron chi connectivity index (χ4n) is 1.08. The van der Waals surface area contributed by atoms with Crippen molar-refractivity contribution in [1.82, 2.24) is 0 Å². The maximum absolute atomic E-state index is 10.8. The lowest BCUT2D eigenvalue weighted by atomic mass is 10.2. The second-order valence-electron chi connectivity index (χ2n) is 3.11. The van der Waals surface area contributed by atoms with Crippen molar-refractivity contribution in [2.24, 2.45) is 0 Å². The summed E-state index contributed by atoms with van der Waals surface area (Å²) < 4.78 is 5.18. The van der Waals surface area contributed by atoms with Gasteiger partial charge in [-0.25, -0.2) is 0 Å². The number of thioether (sulfide) groups is 1. The number of ketones is 1. The van der Waals surface area contributed by atoms with Gasteiger partial charge in [-0.05, 0) is 19.1 Å². The largest absolute Gasteiger partial charge is 0.468 e. The lowest BCUT2D eigenvalue weighted by molar-refractivity contribution is -0.116. The molecule has 2 nitrogen and oxygen atoms in total. The van der Waals surface area contributed by atoms with E-state index in [2.05, 4.69) is 6.92 Å². The van der Waals surface area contributed by atoms with Crippen LogP contribution in [0, 0.1) is 0 Å². The van der Waals surface area contributed by atoms with E-state index < -0.39 is 0 Å². The molecule has 0 saturated heterocycles.